The van der Waals surface area contributed by atoms with E-state index in [0.717, 1.165) is 21.2 Å². The Labute approximate surface area is 189 Å². The van der Waals surface area contributed by atoms with Crippen LogP contribution in [0.5, 0.6) is 0 Å². The number of thiophene rings is 1. The van der Waals surface area contributed by atoms with Gasteiger partial charge in [0.05, 0.1) is 24.3 Å². The summed E-state index contributed by atoms with van der Waals surface area (Å²) in [6.45, 7) is 0.982. The fraction of sp³-hybridized carbons (Fsp3) is 0.174. The van der Waals surface area contributed by atoms with Gasteiger partial charge in [-0.05, 0) is 11.6 Å². The van der Waals surface area contributed by atoms with Gasteiger partial charge >= 0.3 is 0 Å². The van der Waals surface area contributed by atoms with Crippen LogP contribution >= 0.6 is 22.9 Å². The molecule has 2 amide bonds. The maximum atomic E-state index is 12.5. The number of carbonyl (C=O) groups excluding carboxylic acids is 2. The number of carbonyl (C=O) groups is 2. The molecule has 0 saturated carbocycles. The van der Waals surface area contributed by atoms with Crippen LogP contribution in [0.15, 0.2) is 67.0 Å². The minimum absolute atomic E-state index is 0.0991. The predicted octanol–water partition coefficient (Wildman–Crippen LogP) is 4.19. The summed E-state index contributed by atoms with van der Waals surface area (Å²) in [7, 11) is 1.70. The third kappa shape index (κ3) is 4.95. The zero-order valence-electron chi connectivity index (χ0n) is 16.9. The minimum Gasteiger partial charge on any atom is -0.342 e. The molecule has 0 aliphatic rings. The van der Waals surface area contributed by atoms with Gasteiger partial charge in [-0.15, -0.1) is 11.3 Å². The number of halogens is 1. The van der Waals surface area contributed by atoms with Gasteiger partial charge < -0.3 is 10.2 Å². The molecule has 2 aromatic heterocycles. The molecular formula is C23H21ClN4O2S. The number of benzene rings is 2. The monoisotopic (exact) mass is 452 g/mol. The summed E-state index contributed by atoms with van der Waals surface area (Å²) in [5, 5.41) is 8.31. The summed E-state index contributed by atoms with van der Waals surface area (Å²) in [6.07, 6.45) is 3.68. The maximum absolute atomic E-state index is 12.5. The van der Waals surface area contributed by atoms with Gasteiger partial charge in [0, 0.05) is 35.4 Å². The smallest absolute Gasteiger partial charge is 0.263 e. The molecule has 0 spiro atoms. The molecule has 4 rings (SSSR count). The second kappa shape index (κ2) is 9.32. The van der Waals surface area contributed by atoms with E-state index in [9.17, 15) is 9.59 Å². The van der Waals surface area contributed by atoms with Crippen molar-refractivity contribution in [1.29, 1.82) is 0 Å². The van der Waals surface area contributed by atoms with Gasteiger partial charge in [0.15, 0.2) is 0 Å². The highest BCUT2D eigenvalue weighted by atomic mass is 35.5. The highest BCUT2D eigenvalue weighted by Crippen LogP contribution is 2.34. The third-order valence-corrected chi connectivity index (χ3v) is 6.54. The van der Waals surface area contributed by atoms with Crippen LogP contribution in [0.1, 0.15) is 20.8 Å². The van der Waals surface area contributed by atoms with Crippen LogP contribution in [-0.2, 0) is 17.9 Å². The third-order valence-electron chi connectivity index (χ3n) is 4.86. The topological polar surface area (TPSA) is 67.2 Å². The molecule has 2 aromatic carbocycles. The van der Waals surface area contributed by atoms with Crippen molar-refractivity contribution in [2.24, 2.45) is 0 Å². The maximum Gasteiger partial charge on any atom is 0.263 e. The lowest BCUT2D eigenvalue weighted by Gasteiger charge is -2.16. The molecule has 1 N–H and O–H groups in total. The molecule has 0 unspecified atom stereocenters. The van der Waals surface area contributed by atoms with Gasteiger partial charge in [-0.3, -0.25) is 14.3 Å². The lowest BCUT2D eigenvalue weighted by Crippen LogP contribution is -2.37. The van der Waals surface area contributed by atoms with Crippen LogP contribution in [0.3, 0.4) is 0 Å². The number of fused-ring (bicyclic) bond motifs is 1. The molecule has 0 saturated heterocycles. The van der Waals surface area contributed by atoms with Crippen molar-refractivity contribution < 1.29 is 9.59 Å². The summed E-state index contributed by atoms with van der Waals surface area (Å²) in [5.74, 6) is -0.537. The first-order valence-corrected chi connectivity index (χ1v) is 10.9. The quantitative estimate of drug-likeness (QED) is 0.457. The number of amides is 2. The van der Waals surface area contributed by atoms with Gasteiger partial charge in [-0.2, -0.15) is 5.10 Å². The summed E-state index contributed by atoms with van der Waals surface area (Å²) in [5.41, 5.74) is 2.08. The second-order valence-corrected chi connectivity index (χ2v) is 8.64. The van der Waals surface area contributed by atoms with Gasteiger partial charge in [-0.25, -0.2) is 0 Å². The van der Waals surface area contributed by atoms with E-state index in [4.69, 9.17) is 11.6 Å². The van der Waals surface area contributed by atoms with Crippen LogP contribution in [0.25, 0.3) is 10.1 Å². The number of likely N-dealkylation sites (N-methyl/N-ethyl adjacent to an activating group) is 1. The summed E-state index contributed by atoms with van der Waals surface area (Å²) >= 11 is 7.66. The molecule has 31 heavy (non-hydrogen) atoms. The van der Waals surface area contributed by atoms with Crippen molar-refractivity contribution in [3.05, 3.63) is 88.0 Å². The Morgan fingerprint density at radius 3 is 2.61 bits per heavy atom. The Bertz CT molecular complexity index is 1220. The van der Waals surface area contributed by atoms with Crippen LogP contribution < -0.4 is 5.32 Å². The second-order valence-electron chi connectivity index (χ2n) is 7.21. The van der Waals surface area contributed by atoms with Gasteiger partial charge in [0.25, 0.3) is 5.91 Å². The summed E-state index contributed by atoms with van der Waals surface area (Å²) in [4.78, 5) is 27.0. The number of nitrogens with one attached hydrogen (secondary N) is 1. The van der Waals surface area contributed by atoms with Gasteiger partial charge in [0.1, 0.15) is 4.88 Å². The first kappa shape index (κ1) is 21.1. The van der Waals surface area contributed by atoms with Crippen molar-refractivity contribution >= 4 is 44.8 Å². The van der Waals surface area contributed by atoms with Crippen LogP contribution in [-0.4, -0.2) is 40.1 Å². The first-order valence-electron chi connectivity index (χ1n) is 9.75. The SMILES string of the molecule is CN(Cc1cnn(Cc2ccccc2)c1)C(=O)CNC(=O)c1sc2ccccc2c1Cl. The Kier molecular flexibility index (Phi) is 6.34. The van der Waals surface area contributed by atoms with E-state index in [-0.39, 0.29) is 18.4 Å². The molecule has 0 radical (unpaired) electrons. The summed E-state index contributed by atoms with van der Waals surface area (Å²) in [6, 6.07) is 17.6. The Hall–Kier alpha value is -3.16. The Morgan fingerprint density at radius 2 is 1.84 bits per heavy atom. The highest BCUT2D eigenvalue weighted by Gasteiger charge is 2.18. The zero-order valence-corrected chi connectivity index (χ0v) is 18.5. The van der Waals surface area contributed by atoms with E-state index in [1.165, 1.54) is 11.3 Å². The average Bonchev–Trinajstić information content (AvgIpc) is 3.36. The van der Waals surface area contributed by atoms with Crippen LogP contribution in [0, 0.1) is 0 Å². The van der Waals surface area contributed by atoms with Crippen molar-refractivity contribution in [2.75, 3.05) is 13.6 Å². The molecule has 8 heteroatoms. The van der Waals surface area contributed by atoms with E-state index >= 15 is 0 Å². The van der Waals surface area contributed by atoms with Crippen molar-refractivity contribution in [2.45, 2.75) is 13.1 Å². The molecule has 0 atom stereocenters. The van der Waals surface area contributed by atoms with Crippen molar-refractivity contribution in [3.63, 3.8) is 0 Å². The van der Waals surface area contributed by atoms with E-state index in [1.807, 2.05) is 65.5 Å². The van der Waals surface area contributed by atoms with E-state index in [1.54, 1.807) is 18.1 Å². The fourth-order valence-electron chi connectivity index (χ4n) is 3.24. The molecule has 0 aliphatic carbocycles. The molecule has 158 valence electrons. The molecule has 6 nitrogen and oxygen atoms in total. The number of hydrogen-bond acceptors (Lipinski definition) is 4. The summed E-state index contributed by atoms with van der Waals surface area (Å²) < 4.78 is 2.78. The normalized spacial score (nSPS) is 10.9. The van der Waals surface area contributed by atoms with Crippen LogP contribution in [0.4, 0.5) is 0 Å². The van der Waals surface area contributed by atoms with Gasteiger partial charge in [-0.1, -0.05) is 60.1 Å². The van der Waals surface area contributed by atoms with Gasteiger partial charge in [0.2, 0.25) is 5.91 Å². The molecule has 2 heterocycles. The Morgan fingerprint density at radius 1 is 1.10 bits per heavy atom. The standard InChI is InChI=1S/C23H21ClN4O2S/c1-27(13-17-11-26-28(15-17)14-16-7-3-2-4-8-16)20(29)12-25-23(30)22-21(24)18-9-5-6-10-19(18)31-22/h2-11,15H,12-14H2,1H3,(H,25,30). The number of nitrogens with zero attached hydrogens (tertiary/aromatic N) is 3. The van der Waals surface area contributed by atoms with Crippen molar-refractivity contribution in [3.8, 4) is 0 Å². The van der Waals surface area contributed by atoms with E-state index < -0.39 is 0 Å². The minimum atomic E-state index is -0.344. The highest BCUT2D eigenvalue weighted by molar-refractivity contribution is 7.21. The zero-order chi connectivity index (χ0) is 21.8. The molecule has 0 aliphatic heterocycles. The predicted molar refractivity (Wildman–Crippen MR) is 123 cm³/mol. The van der Waals surface area contributed by atoms with Crippen LogP contribution in [0.2, 0.25) is 5.02 Å². The first-order chi connectivity index (χ1) is 15.0. The van der Waals surface area contributed by atoms with E-state index in [0.29, 0.717) is 23.0 Å². The number of hydrogen-bond donors (Lipinski definition) is 1. The lowest BCUT2D eigenvalue weighted by molar-refractivity contribution is -0.129. The average molecular weight is 453 g/mol. The molecule has 0 bridgehead atoms. The molecule has 4 aromatic rings. The fourth-order valence-corrected chi connectivity index (χ4v) is 4.67. The Balaban J connectivity index is 1.31. The number of rotatable bonds is 7. The number of aromatic nitrogens is 2. The molecular weight excluding hydrogens is 432 g/mol. The molecule has 0 fully saturated rings. The van der Waals surface area contributed by atoms with E-state index in [2.05, 4.69) is 10.4 Å². The largest absolute Gasteiger partial charge is 0.342 e. The lowest BCUT2D eigenvalue weighted by atomic mass is 10.2. The van der Waals surface area contributed by atoms with Crippen molar-refractivity contribution in [1.82, 2.24) is 20.0 Å².